The van der Waals surface area contributed by atoms with Gasteiger partial charge in [-0.05, 0) is 30.5 Å². The molecule has 0 aromatic heterocycles. The maximum Gasteiger partial charge on any atom is 0.318 e. The minimum Gasteiger partial charge on any atom is -0.493 e. The Labute approximate surface area is 164 Å². The molecule has 28 heavy (non-hydrogen) atoms. The van der Waals surface area contributed by atoms with E-state index in [1.165, 1.54) is 0 Å². The lowest BCUT2D eigenvalue weighted by Crippen LogP contribution is -2.47. The fourth-order valence-corrected chi connectivity index (χ4v) is 3.30. The standard InChI is InChI=1S/C21H25N3O4/c1-27-18-11-10-16(13-19(18)28-2)23-20(25)17-9-6-12-24(17)21(26)22-14-15-7-4-3-5-8-15/h3-5,7-8,10-11,13,17H,6,9,12,14H2,1-2H3,(H,22,26)(H,23,25)/t17-/m0/s1. The van der Waals surface area contributed by atoms with E-state index in [0.29, 0.717) is 36.7 Å². The highest BCUT2D eigenvalue weighted by Crippen LogP contribution is 2.30. The Hall–Kier alpha value is -3.22. The van der Waals surface area contributed by atoms with Crippen LogP contribution >= 0.6 is 0 Å². The molecule has 1 heterocycles. The summed E-state index contributed by atoms with van der Waals surface area (Å²) in [6.07, 6.45) is 1.43. The Morgan fingerprint density at radius 3 is 2.54 bits per heavy atom. The van der Waals surface area contributed by atoms with Gasteiger partial charge in [-0.15, -0.1) is 0 Å². The Morgan fingerprint density at radius 2 is 1.82 bits per heavy atom. The SMILES string of the molecule is COc1ccc(NC(=O)[C@@H]2CCCN2C(=O)NCc2ccccc2)cc1OC. The quantitative estimate of drug-likeness (QED) is 0.804. The average Bonchev–Trinajstić information content (AvgIpc) is 3.23. The monoisotopic (exact) mass is 383 g/mol. The summed E-state index contributed by atoms with van der Waals surface area (Å²) in [6.45, 7) is 0.991. The molecule has 148 valence electrons. The highest BCUT2D eigenvalue weighted by Gasteiger charge is 2.34. The first-order valence-electron chi connectivity index (χ1n) is 9.23. The van der Waals surface area contributed by atoms with Gasteiger partial charge in [0.2, 0.25) is 5.91 Å². The summed E-state index contributed by atoms with van der Waals surface area (Å²) in [5, 5.41) is 5.77. The maximum atomic E-state index is 12.8. The fraction of sp³-hybridized carbons (Fsp3) is 0.333. The van der Waals surface area contributed by atoms with Crippen molar-refractivity contribution in [3.05, 3.63) is 54.1 Å². The first kappa shape index (κ1) is 19.5. The van der Waals surface area contributed by atoms with Crippen molar-refractivity contribution in [1.29, 1.82) is 0 Å². The molecule has 0 saturated carbocycles. The lowest BCUT2D eigenvalue weighted by atomic mass is 10.2. The number of hydrogen-bond acceptors (Lipinski definition) is 4. The van der Waals surface area contributed by atoms with Gasteiger partial charge in [-0.1, -0.05) is 30.3 Å². The zero-order valence-corrected chi connectivity index (χ0v) is 16.1. The second kappa shape index (κ2) is 9.12. The Balaban J connectivity index is 1.61. The number of hydrogen-bond donors (Lipinski definition) is 2. The largest absolute Gasteiger partial charge is 0.493 e. The average molecular weight is 383 g/mol. The summed E-state index contributed by atoms with van der Waals surface area (Å²) in [4.78, 5) is 26.9. The molecule has 0 spiro atoms. The van der Waals surface area contributed by atoms with E-state index in [0.717, 1.165) is 12.0 Å². The van der Waals surface area contributed by atoms with Crippen molar-refractivity contribution in [2.75, 3.05) is 26.1 Å². The van der Waals surface area contributed by atoms with Gasteiger partial charge >= 0.3 is 6.03 Å². The van der Waals surface area contributed by atoms with Gasteiger partial charge in [-0.2, -0.15) is 0 Å². The molecule has 1 aliphatic heterocycles. The van der Waals surface area contributed by atoms with E-state index in [2.05, 4.69) is 10.6 Å². The molecule has 1 aliphatic rings. The molecule has 0 aliphatic carbocycles. The van der Waals surface area contributed by atoms with Gasteiger partial charge in [0.1, 0.15) is 6.04 Å². The molecule has 7 nitrogen and oxygen atoms in total. The molecular formula is C21H25N3O4. The fourth-order valence-electron chi connectivity index (χ4n) is 3.30. The predicted molar refractivity (Wildman–Crippen MR) is 107 cm³/mol. The molecular weight excluding hydrogens is 358 g/mol. The molecule has 7 heteroatoms. The second-order valence-corrected chi connectivity index (χ2v) is 6.55. The van der Waals surface area contributed by atoms with Crippen molar-refractivity contribution < 1.29 is 19.1 Å². The molecule has 2 aromatic rings. The molecule has 1 fully saturated rings. The molecule has 1 atom stereocenters. The lowest BCUT2D eigenvalue weighted by molar-refractivity contribution is -0.119. The molecule has 0 radical (unpaired) electrons. The van der Waals surface area contributed by atoms with E-state index in [1.807, 2.05) is 30.3 Å². The van der Waals surface area contributed by atoms with Gasteiger partial charge in [0.25, 0.3) is 0 Å². The van der Waals surface area contributed by atoms with Crippen molar-refractivity contribution in [2.45, 2.75) is 25.4 Å². The van der Waals surface area contributed by atoms with Crippen molar-refractivity contribution in [1.82, 2.24) is 10.2 Å². The van der Waals surface area contributed by atoms with Gasteiger partial charge in [0.15, 0.2) is 11.5 Å². The predicted octanol–water partition coefficient (Wildman–Crippen LogP) is 3.02. The number of anilines is 1. The molecule has 1 saturated heterocycles. The van der Waals surface area contributed by atoms with Crippen LogP contribution in [0.25, 0.3) is 0 Å². The minimum absolute atomic E-state index is 0.209. The van der Waals surface area contributed by atoms with E-state index < -0.39 is 6.04 Å². The molecule has 2 N–H and O–H groups in total. The summed E-state index contributed by atoms with van der Waals surface area (Å²) in [7, 11) is 3.10. The number of nitrogens with one attached hydrogen (secondary N) is 2. The van der Waals surface area contributed by atoms with Crippen LogP contribution in [0.5, 0.6) is 11.5 Å². The van der Waals surface area contributed by atoms with Crippen LogP contribution < -0.4 is 20.1 Å². The number of ether oxygens (including phenoxy) is 2. The first-order valence-corrected chi connectivity index (χ1v) is 9.23. The van der Waals surface area contributed by atoms with Crippen LogP contribution in [0.2, 0.25) is 0 Å². The summed E-state index contributed by atoms with van der Waals surface area (Å²) in [6, 6.07) is 14.1. The minimum atomic E-state index is -0.496. The van der Waals surface area contributed by atoms with Crippen LogP contribution in [0.3, 0.4) is 0 Å². The molecule has 2 aromatic carbocycles. The van der Waals surface area contributed by atoms with E-state index >= 15 is 0 Å². The van der Waals surface area contributed by atoms with Crippen LogP contribution in [0, 0.1) is 0 Å². The summed E-state index contributed by atoms with van der Waals surface area (Å²) >= 11 is 0. The molecule has 3 rings (SSSR count). The van der Waals surface area contributed by atoms with Gasteiger partial charge in [0, 0.05) is 24.8 Å². The number of urea groups is 1. The number of benzene rings is 2. The number of likely N-dealkylation sites (tertiary alicyclic amines) is 1. The Morgan fingerprint density at radius 1 is 1.07 bits per heavy atom. The maximum absolute atomic E-state index is 12.8. The zero-order chi connectivity index (χ0) is 19.9. The summed E-state index contributed by atoms with van der Waals surface area (Å²) in [5.74, 6) is 0.909. The van der Waals surface area contributed by atoms with E-state index in [9.17, 15) is 9.59 Å². The molecule has 0 unspecified atom stereocenters. The molecule has 3 amide bonds. The number of amides is 3. The van der Waals surface area contributed by atoms with Crippen LogP contribution in [-0.4, -0.2) is 43.6 Å². The Kier molecular flexibility index (Phi) is 6.37. The van der Waals surface area contributed by atoms with Crippen molar-refractivity contribution in [2.24, 2.45) is 0 Å². The first-order chi connectivity index (χ1) is 13.6. The topological polar surface area (TPSA) is 79.9 Å². The highest BCUT2D eigenvalue weighted by molar-refractivity contribution is 5.97. The van der Waals surface area contributed by atoms with E-state index in [1.54, 1.807) is 37.3 Å². The van der Waals surface area contributed by atoms with Gasteiger partial charge in [0.05, 0.1) is 14.2 Å². The third-order valence-corrected chi connectivity index (χ3v) is 4.75. The smallest absolute Gasteiger partial charge is 0.318 e. The normalized spacial score (nSPS) is 15.8. The van der Waals surface area contributed by atoms with Crippen LogP contribution in [0.1, 0.15) is 18.4 Å². The number of methoxy groups -OCH3 is 2. The van der Waals surface area contributed by atoms with Crippen LogP contribution in [0.4, 0.5) is 10.5 Å². The van der Waals surface area contributed by atoms with Crippen LogP contribution in [0.15, 0.2) is 48.5 Å². The summed E-state index contributed by atoms with van der Waals surface area (Å²) in [5.41, 5.74) is 1.61. The van der Waals surface area contributed by atoms with E-state index in [-0.39, 0.29) is 11.9 Å². The molecule has 0 bridgehead atoms. The van der Waals surface area contributed by atoms with Crippen LogP contribution in [-0.2, 0) is 11.3 Å². The third kappa shape index (κ3) is 4.54. The van der Waals surface area contributed by atoms with E-state index in [4.69, 9.17) is 9.47 Å². The lowest BCUT2D eigenvalue weighted by Gasteiger charge is -2.24. The number of carbonyl (C=O) groups is 2. The van der Waals surface area contributed by atoms with Gasteiger partial charge in [-0.3, -0.25) is 4.79 Å². The number of nitrogens with zero attached hydrogens (tertiary/aromatic N) is 1. The van der Waals surface area contributed by atoms with Gasteiger partial charge in [-0.25, -0.2) is 4.79 Å². The highest BCUT2D eigenvalue weighted by atomic mass is 16.5. The Bertz CT molecular complexity index is 826. The third-order valence-electron chi connectivity index (χ3n) is 4.75. The van der Waals surface area contributed by atoms with Gasteiger partial charge < -0.3 is 25.0 Å². The van der Waals surface area contributed by atoms with Crippen molar-refractivity contribution >= 4 is 17.6 Å². The number of rotatable bonds is 6. The summed E-state index contributed by atoms with van der Waals surface area (Å²) < 4.78 is 10.5. The number of carbonyl (C=O) groups excluding carboxylic acids is 2. The second-order valence-electron chi connectivity index (χ2n) is 6.55. The van der Waals surface area contributed by atoms with Crippen molar-refractivity contribution in [3.8, 4) is 11.5 Å². The van der Waals surface area contributed by atoms with Crippen molar-refractivity contribution in [3.63, 3.8) is 0 Å². The zero-order valence-electron chi connectivity index (χ0n) is 16.1.